The van der Waals surface area contributed by atoms with Crippen molar-refractivity contribution in [3.63, 3.8) is 0 Å². The molecule has 0 fully saturated rings. The molecule has 0 radical (unpaired) electrons. The predicted molar refractivity (Wildman–Crippen MR) is 59.6 cm³/mol. The fourth-order valence-corrected chi connectivity index (χ4v) is 3.84. The topological polar surface area (TPSA) is 9.86 Å². The number of aromatic nitrogens is 2. The third-order valence-electron chi connectivity index (χ3n) is 2.50. The van der Waals surface area contributed by atoms with E-state index in [9.17, 15) is 0 Å². The molecule has 0 aromatic carbocycles. The van der Waals surface area contributed by atoms with Gasteiger partial charge in [-0.05, 0) is 0 Å². The third kappa shape index (κ3) is 1.94. The number of hydrogen-bond acceptors (Lipinski definition) is 0. The van der Waals surface area contributed by atoms with Gasteiger partial charge in [-0.1, -0.05) is 0 Å². The molecule has 3 heteroatoms. The van der Waals surface area contributed by atoms with E-state index in [1.165, 1.54) is 19.7 Å². The van der Waals surface area contributed by atoms with Crippen LogP contribution in [0.2, 0.25) is 0 Å². The van der Waals surface area contributed by atoms with E-state index in [4.69, 9.17) is 0 Å². The van der Waals surface area contributed by atoms with Crippen LogP contribution in [-0.4, -0.2) is 9.13 Å². The molecule has 0 aliphatic rings. The molecule has 2 heterocycles. The Bertz CT molecular complexity index is 397. The summed E-state index contributed by atoms with van der Waals surface area (Å²) in [4.78, 5) is 0. The summed E-state index contributed by atoms with van der Waals surface area (Å²) in [5, 5.41) is 0. The standard InChI is InChI=1S/2C6H8N.Ru/c2*1-6-3-4-7(2)5-6;/h2*3-4H,1-2H3;. The molecule has 0 atom stereocenters. The van der Waals surface area contributed by atoms with E-state index in [1.807, 2.05) is 0 Å². The van der Waals surface area contributed by atoms with Gasteiger partial charge in [-0.3, -0.25) is 0 Å². The summed E-state index contributed by atoms with van der Waals surface area (Å²) in [6, 6.07) is 4.39. The van der Waals surface area contributed by atoms with Gasteiger partial charge in [0.25, 0.3) is 0 Å². The third-order valence-corrected chi connectivity index (χ3v) is 5.92. The molecular weight excluding hydrogens is 273 g/mol. The van der Waals surface area contributed by atoms with Crippen molar-refractivity contribution >= 4 is 8.58 Å². The Morgan fingerprint density at radius 2 is 1.27 bits per heavy atom. The first-order chi connectivity index (χ1) is 7.09. The summed E-state index contributed by atoms with van der Waals surface area (Å²) in [5.41, 5.74) is 2.83. The van der Waals surface area contributed by atoms with Crippen LogP contribution >= 0.6 is 0 Å². The first-order valence-corrected chi connectivity index (χ1v) is 6.69. The van der Waals surface area contributed by atoms with Crippen molar-refractivity contribution in [2.75, 3.05) is 0 Å². The summed E-state index contributed by atoms with van der Waals surface area (Å²) < 4.78 is 7.49. The Labute approximate surface area is 98.5 Å². The molecule has 2 aromatic heterocycles. The number of nitrogens with zero attached hydrogens (tertiary/aromatic N) is 2. The molecule has 82 valence electrons. The Kier molecular flexibility index (Phi) is 2.83. The minimum atomic E-state index is 0.139. The zero-order valence-corrected chi connectivity index (χ0v) is 11.3. The Hall–Kier alpha value is -0.817. The van der Waals surface area contributed by atoms with Gasteiger partial charge < -0.3 is 0 Å². The van der Waals surface area contributed by atoms with Crippen LogP contribution in [0.25, 0.3) is 0 Å². The van der Waals surface area contributed by atoms with Crippen molar-refractivity contribution in [1.82, 2.24) is 9.13 Å². The molecule has 0 aliphatic heterocycles. The number of rotatable bonds is 2. The van der Waals surface area contributed by atoms with Gasteiger partial charge in [0, 0.05) is 0 Å². The van der Waals surface area contributed by atoms with Crippen LogP contribution in [0.15, 0.2) is 24.5 Å². The predicted octanol–water partition coefficient (Wildman–Crippen LogP) is 1.01. The molecule has 0 amide bonds. The maximum absolute atomic E-state index is 2.25. The Morgan fingerprint density at radius 3 is 1.53 bits per heavy atom. The van der Waals surface area contributed by atoms with Gasteiger partial charge in [0.2, 0.25) is 0 Å². The summed E-state index contributed by atoms with van der Waals surface area (Å²) >= 11 is 0.139. The van der Waals surface area contributed by atoms with Crippen molar-refractivity contribution in [2.45, 2.75) is 13.8 Å². The molecule has 0 bridgehead atoms. The normalized spacial score (nSPS) is 11.2. The maximum atomic E-state index is 2.25. The molecular formula is C12H16N2Ru. The van der Waals surface area contributed by atoms with Crippen molar-refractivity contribution < 1.29 is 17.1 Å². The molecule has 0 spiro atoms. The van der Waals surface area contributed by atoms with E-state index < -0.39 is 0 Å². The van der Waals surface area contributed by atoms with Crippen molar-refractivity contribution in [3.8, 4) is 0 Å². The SMILES string of the molecule is Cc1ccn(C)[c]1[Ru][c]1c(C)ccn1C. The van der Waals surface area contributed by atoms with Crippen LogP contribution in [0.5, 0.6) is 0 Å². The fourth-order valence-electron chi connectivity index (χ4n) is 1.61. The van der Waals surface area contributed by atoms with E-state index in [0.29, 0.717) is 0 Å². The van der Waals surface area contributed by atoms with Gasteiger partial charge in [0.15, 0.2) is 0 Å². The molecule has 0 saturated heterocycles. The summed E-state index contributed by atoms with van der Waals surface area (Å²) in [7, 11) is 4.27. The fraction of sp³-hybridized carbons (Fsp3) is 0.333. The van der Waals surface area contributed by atoms with Gasteiger partial charge in [0.1, 0.15) is 0 Å². The van der Waals surface area contributed by atoms with Crippen LogP contribution in [0.4, 0.5) is 0 Å². The second kappa shape index (κ2) is 3.98. The average Bonchev–Trinajstić information content (AvgIpc) is 2.67. The summed E-state index contributed by atoms with van der Waals surface area (Å²) in [5.74, 6) is 0. The summed E-state index contributed by atoms with van der Waals surface area (Å²) in [6.45, 7) is 4.39. The molecule has 15 heavy (non-hydrogen) atoms. The minimum absolute atomic E-state index is 0.139. The number of aryl methyl sites for hydroxylation is 4. The average molecular weight is 289 g/mol. The number of hydrogen-bond donors (Lipinski definition) is 0. The van der Waals surface area contributed by atoms with E-state index in [2.05, 4.69) is 61.6 Å². The quantitative estimate of drug-likeness (QED) is 0.731. The second-order valence-electron chi connectivity index (χ2n) is 3.87. The van der Waals surface area contributed by atoms with Crippen LogP contribution in [0.1, 0.15) is 11.1 Å². The van der Waals surface area contributed by atoms with Crippen LogP contribution < -0.4 is 8.58 Å². The van der Waals surface area contributed by atoms with Crippen molar-refractivity contribution in [3.05, 3.63) is 35.7 Å². The van der Waals surface area contributed by atoms with Crippen LogP contribution in [0, 0.1) is 13.8 Å². The first-order valence-electron chi connectivity index (χ1n) is 4.96. The molecule has 2 nitrogen and oxygen atoms in total. The summed E-state index contributed by atoms with van der Waals surface area (Å²) in [6.07, 6.45) is 4.30. The molecule has 2 aromatic rings. The van der Waals surface area contributed by atoms with E-state index >= 15 is 0 Å². The molecule has 0 aliphatic carbocycles. The van der Waals surface area contributed by atoms with Gasteiger partial charge in [-0.2, -0.15) is 0 Å². The van der Waals surface area contributed by atoms with Gasteiger partial charge in [-0.25, -0.2) is 0 Å². The zero-order chi connectivity index (χ0) is 11.0. The van der Waals surface area contributed by atoms with Crippen LogP contribution in [0.3, 0.4) is 0 Å². The van der Waals surface area contributed by atoms with Crippen molar-refractivity contribution in [2.24, 2.45) is 14.1 Å². The first kappa shape index (κ1) is 10.7. The zero-order valence-electron chi connectivity index (χ0n) is 9.56. The monoisotopic (exact) mass is 290 g/mol. The van der Waals surface area contributed by atoms with Crippen molar-refractivity contribution in [1.29, 1.82) is 0 Å². The Balaban J connectivity index is 2.37. The van der Waals surface area contributed by atoms with Gasteiger partial charge in [0.05, 0.1) is 0 Å². The van der Waals surface area contributed by atoms with Gasteiger partial charge >= 0.3 is 98.4 Å². The Morgan fingerprint density at radius 1 is 0.867 bits per heavy atom. The van der Waals surface area contributed by atoms with Gasteiger partial charge in [-0.15, -0.1) is 0 Å². The second-order valence-corrected chi connectivity index (χ2v) is 5.95. The molecule has 2 rings (SSSR count). The van der Waals surface area contributed by atoms with E-state index in [0.717, 1.165) is 0 Å². The molecule has 0 unspecified atom stereocenters. The van der Waals surface area contributed by atoms with E-state index in [1.54, 1.807) is 0 Å². The van der Waals surface area contributed by atoms with E-state index in [-0.39, 0.29) is 17.1 Å². The molecule has 0 saturated carbocycles. The molecule has 0 N–H and O–H groups in total. The van der Waals surface area contributed by atoms with Crippen LogP contribution in [-0.2, 0) is 31.2 Å².